The van der Waals surface area contributed by atoms with E-state index in [9.17, 15) is 13.2 Å². The van der Waals surface area contributed by atoms with Crippen molar-refractivity contribution in [2.45, 2.75) is 6.54 Å². The van der Waals surface area contributed by atoms with Gasteiger partial charge in [-0.25, -0.2) is 8.42 Å². The molecular weight excluding hydrogens is 398 g/mol. The Balaban J connectivity index is 1.53. The zero-order valence-electron chi connectivity index (χ0n) is 17.2. The predicted octanol–water partition coefficient (Wildman–Crippen LogP) is 2.49. The average Bonchev–Trinajstić information content (AvgIpc) is 3.11. The van der Waals surface area contributed by atoms with Crippen LogP contribution in [-0.2, 0) is 16.4 Å². The summed E-state index contributed by atoms with van der Waals surface area (Å²) in [6, 6.07) is 20.2. The van der Waals surface area contributed by atoms with Crippen LogP contribution < -0.4 is 0 Å². The van der Waals surface area contributed by atoms with E-state index in [1.165, 1.54) is 6.26 Å². The van der Waals surface area contributed by atoms with E-state index in [0.29, 0.717) is 45.0 Å². The molecule has 3 aromatic rings. The lowest BCUT2D eigenvalue weighted by atomic mass is 10.2. The highest BCUT2D eigenvalue weighted by atomic mass is 32.2. The van der Waals surface area contributed by atoms with Crippen molar-refractivity contribution in [1.29, 1.82) is 0 Å². The van der Waals surface area contributed by atoms with Crippen LogP contribution in [0, 0.1) is 0 Å². The molecule has 0 radical (unpaired) electrons. The van der Waals surface area contributed by atoms with Crippen molar-refractivity contribution < 1.29 is 13.2 Å². The van der Waals surface area contributed by atoms with Crippen molar-refractivity contribution in [3.63, 3.8) is 0 Å². The molecule has 158 valence electrons. The fourth-order valence-electron chi connectivity index (χ4n) is 3.96. The van der Waals surface area contributed by atoms with E-state index < -0.39 is 9.84 Å². The van der Waals surface area contributed by atoms with Gasteiger partial charge >= 0.3 is 0 Å². The van der Waals surface area contributed by atoms with Crippen LogP contribution in [0.4, 0.5) is 0 Å². The Morgan fingerprint density at radius 3 is 2.30 bits per heavy atom. The predicted molar refractivity (Wildman–Crippen MR) is 120 cm³/mol. The molecule has 1 amide bonds. The number of aromatic nitrogens is 1. The van der Waals surface area contributed by atoms with Gasteiger partial charge in [0.15, 0.2) is 0 Å². The van der Waals surface area contributed by atoms with E-state index in [4.69, 9.17) is 0 Å². The van der Waals surface area contributed by atoms with Crippen LogP contribution in [0.3, 0.4) is 0 Å². The van der Waals surface area contributed by atoms with E-state index >= 15 is 0 Å². The first-order valence-corrected chi connectivity index (χ1v) is 12.3. The Kier molecular flexibility index (Phi) is 5.92. The molecule has 1 aliphatic rings. The van der Waals surface area contributed by atoms with Crippen molar-refractivity contribution >= 4 is 26.6 Å². The van der Waals surface area contributed by atoms with Crippen molar-refractivity contribution in [2.24, 2.45) is 0 Å². The largest absolute Gasteiger partial charge is 0.335 e. The van der Waals surface area contributed by atoms with Crippen LogP contribution in [0.25, 0.3) is 10.9 Å². The first-order valence-electron chi connectivity index (χ1n) is 10.2. The van der Waals surface area contributed by atoms with Gasteiger partial charge in [-0.2, -0.15) is 0 Å². The number of amides is 1. The molecule has 0 unspecified atom stereocenters. The summed E-state index contributed by atoms with van der Waals surface area (Å²) in [7, 11) is -2.97. The smallest absolute Gasteiger partial charge is 0.270 e. The van der Waals surface area contributed by atoms with Gasteiger partial charge in [-0.15, -0.1) is 0 Å². The number of para-hydroxylation sites is 1. The lowest BCUT2D eigenvalue weighted by molar-refractivity contribution is 0.0634. The highest BCUT2D eigenvalue weighted by Gasteiger charge is 2.25. The van der Waals surface area contributed by atoms with Crippen molar-refractivity contribution in [3.05, 3.63) is 71.9 Å². The summed E-state index contributed by atoms with van der Waals surface area (Å²) in [6.45, 7) is 3.77. The number of carbonyl (C=O) groups excluding carboxylic acids is 1. The van der Waals surface area contributed by atoms with Crippen LogP contribution in [0.15, 0.2) is 60.7 Å². The molecule has 0 N–H and O–H groups in total. The number of carbonyl (C=O) groups is 1. The molecule has 2 heterocycles. The molecule has 6 nitrogen and oxygen atoms in total. The standard InChI is InChI=1S/C23H27N3O3S/c1-30(28,29)16-15-24-11-13-25(14-12-24)23(27)22-17-20-9-5-6-10-21(20)26(22)18-19-7-3-2-4-8-19/h2-10,17H,11-16,18H2,1H3. The lowest BCUT2D eigenvalue weighted by Gasteiger charge is -2.34. The minimum atomic E-state index is -2.97. The molecule has 0 saturated carbocycles. The second-order valence-corrected chi connectivity index (χ2v) is 10.2. The third kappa shape index (κ3) is 4.74. The molecule has 4 rings (SSSR count). The first-order chi connectivity index (χ1) is 14.4. The Bertz CT molecular complexity index is 1130. The monoisotopic (exact) mass is 425 g/mol. The summed E-state index contributed by atoms with van der Waals surface area (Å²) in [6.07, 6.45) is 1.26. The van der Waals surface area contributed by atoms with E-state index in [0.717, 1.165) is 16.5 Å². The fraction of sp³-hybridized carbons (Fsp3) is 0.348. The molecular formula is C23H27N3O3S. The number of piperazine rings is 1. The van der Waals surface area contributed by atoms with Gasteiger partial charge in [0.05, 0.1) is 5.75 Å². The second kappa shape index (κ2) is 8.62. The molecule has 7 heteroatoms. The minimum absolute atomic E-state index is 0.0323. The third-order valence-electron chi connectivity index (χ3n) is 5.65. The zero-order valence-corrected chi connectivity index (χ0v) is 18.0. The first kappa shape index (κ1) is 20.6. The summed E-state index contributed by atoms with van der Waals surface area (Å²) < 4.78 is 24.9. The maximum absolute atomic E-state index is 13.4. The summed E-state index contributed by atoms with van der Waals surface area (Å²) in [5, 5.41) is 1.06. The summed E-state index contributed by atoms with van der Waals surface area (Å²) in [5.74, 6) is 0.191. The lowest BCUT2D eigenvalue weighted by Crippen LogP contribution is -2.49. The van der Waals surface area contributed by atoms with Gasteiger partial charge in [0.25, 0.3) is 5.91 Å². The molecule has 1 saturated heterocycles. The minimum Gasteiger partial charge on any atom is -0.335 e. The van der Waals surface area contributed by atoms with Crippen LogP contribution in [0.1, 0.15) is 16.1 Å². The normalized spacial score (nSPS) is 15.6. The van der Waals surface area contributed by atoms with Crippen molar-refractivity contribution in [1.82, 2.24) is 14.4 Å². The van der Waals surface area contributed by atoms with Crippen LogP contribution in [0.2, 0.25) is 0 Å². The van der Waals surface area contributed by atoms with Crippen molar-refractivity contribution in [3.8, 4) is 0 Å². The number of nitrogens with zero attached hydrogens (tertiary/aromatic N) is 3. The molecule has 0 atom stereocenters. The van der Waals surface area contributed by atoms with Gasteiger partial charge in [0.1, 0.15) is 15.5 Å². The Morgan fingerprint density at radius 2 is 1.60 bits per heavy atom. The number of sulfone groups is 1. The second-order valence-electron chi connectivity index (χ2n) is 7.92. The maximum atomic E-state index is 13.4. The number of hydrogen-bond donors (Lipinski definition) is 0. The van der Waals surface area contributed by atoms with Crippen LogP contribution >= 0.6 is 0 Å². The van der Waals surface area contributed by atoms with Crippen molar-refractivity contribution in [2.75, 3.05) is 44.7 Å². The van der Waals surface area contributed by atoms with Gasteiger partial charge in [0, 0.05) is 56.4 Å². The van der Waals surface area contributed by atoms with E-state index in [-0.39, 0.29) is 11.7 Å². The van der Waals surface area contributed by atoms with Crippen LogP contribution in [-0.4, -0.2) is 73.4 Å². The van der Waals surface area contributed by atoms with Gasteiger partial charge in [-0.05, 0) is 17.7 Å². The van der Waals surface area contributed by atoms with Crippen LogP contribution in [0.5, 0.6) is 0 Å². The highest BCUT2D eigenvalue weighted by Crippen LogP contribution is 2.23. The molecule has 0 aliphatic carbocycles. The molecule has 1 aromatic heterocycles. The number of rotatable bonds is 6. The SMILES string of the molecule is CS(=O)(=O)CCN1CCN(C(=O)c2cc3ccccc3n2Cc2ccccc2)CC1. The average molecular weight is 426 g/mol. The molecule has 0 bridgehead atoms. The Morgan fingerprint density at radius 1 is 0.933 bits per heavy atom. The zero-order chi connectivity index (χ0) is 21.1. The number of fused-ring (bicyclic) bond motifs is 1. The Labute approximate surface area is 177 Å². The van der Waals surface area contributed by atoms with E-state index in [1.54, 1.807) is 0 Å². The molecule has 30 heavy (non-hydrogen) atoms. The van der Waals surface area contributed by atoms with Gasteiger partial charge in [-0.1, -0.05) is 48.5 Å². The molecule has 0 spiro atoms. The van der Waals surface area contributed by atoms with Gasteiger partial charge < -0.3 is 9.47 Å². The van der Waals surface area contributed by atoms with Gasteiger partial charge in [-0.3, -0.25) is 9.69 Å². The quantitative estimate of drug-likeness (QED) is 0.609. The fourth-order valence-corrected chi connectivity index (χ4v) is 4.55. The summed E-state index contributed by atoms with van der Waals surface area (Å²) in [5.41, 5.74) is 2.90. The number of hydrogen-bond acceptors (Lipinski definition) is 4. The van der Waals surface area contributed by atoms with E-state index in [2.05, 4.69) is 27.7 Å². The van der Waals surface area contributed by atoms with Gasteiger partial charge in [0.2, 0.25) is 0 Å². The van der Waals surface area contributed by atoms with E-state index in [1.807, 2.05) is 47.4 Å². The summed E-state index contributed by atoms with van der Waals surface area (Å²) in [4.78, 5) is 17.4. The molecule has 1 fully saturated rings. The number of benzene rings is 2. The molecule has 2 aromatic carbocycles. The third-order valence-corrected chi connectivity index (χ3v) is 6.58. The maximum Gasteiger partial charge on any atom is 0.270 e. The Hall–Kier alpha value is -2.64. The summed E-state index contributed by atoms with van der Waals surface area (Å²) >= 11 is 0. The highest BCUT2D eigenvalue weighted by molar-refractivity contribution is 7.90. The topological polar surface area (TPSA) is 62.6 Å². The molecule has 1 aliphatic heterocycles.